The molecule has 1 rings (SSSR count). The SMILES string of the molecule is C/C=C\C#CC#C[C@@H](O)[C@H](/C=C\CCCO)O[C@H]1O[C@@H](CO)[C@@H](O)[C@@H](O)[C@H]1O. The highest BCUT2D eigenvalue weighted by Crippen LogP contribution is 2.23. The van der Waals surface area contributed by atoms with E-state index in [1.54, 1.807) is 25.2 Å². The van der Waals surface area contributed by atoms with Crippen molar-refractivity contribution in [1.82, 2.24) is 0 Å². The van der Waals surface area contributed by atoms with Crippen molar-refractivity contribution < 1.29 is 40.1 Å². The fraction of sp³-hybridized carbons (Fsp3) is 0.600. The van der Waals surface area contributed by atoms with Gasteiger partial charge in [-0.05, 0) is 37.7 Å². The van der Waals surface area contributed by atoms with Crippen LogP contribution < -0.4 is 0 Å². The third-order valence-corrected chi connectivity index (χ3v) is 3.91. The Labute approximate surface area is 164 Å². The largest absolute Gasteiger partial charge is 0.396 e. The zero-order chi connectivity index (χ0) is 20.9. The van der Waals surface area contributed by atoms with E-state index in [1.807, 2.05) is 0 Å². The van der Waals surface area contributed by atoms with Crippen LogP contribution in [0.15, 0.2) is 24.3 Å². The Kier molecular flexibility index (Phi) is 11.7. The van der Waals surface area contributed by atoms with Crippen molar-refractivity contribution in [2.24, 2.45) is 0 Å². The molecule has 0 aromatic heterocycles. The van der Waals surface area contributed by atoms with Crippen molar-refractivity contribution in [2.45, 2.75) is 62.7 Å². The van der Waals surface area contributed by atoms with E-state index in [4.69, 9.17) is 14.6 Å². The van der Waals surface area contributed by atoms with E-state index in [1.165, 1.54) is 6.08 Å². The minimum Gasteiger partial charge on any atom is -0.396 e. The summed E-state index contributed by atoms with van der Waals surface area (Å²) >= 11 is 0. The lowest BCUT2D eigenvalue weighted by molar-refractivity contribution is -0.311. The molecular formula is C20H28O8. The van der Waals surface area contributed by atoms with Crippen LogP contribution in [0.25, 0.3) is 0 Å². The zero-order valence-electron chi connectivity index (χ0n) is 15.7. The highest BCUT2D eigenvalue weighted by Gasteiger charge is 2.45. The monoisotopic (exact) mass is 396 g/mol. The molecule has 1 fully saturated rings. The molecule has 0 unspecified atom stereocenters. The Morgan fingerprint density at radius 3 is 2.50 bits per heavy atom. The van der Waals surface area contributed by atoms with Crippen LogP contribution in [0.5, 0.6) is 0 Å². The molecule has 8 heteroatoms. The molecule has 0 spiro atoms. The average molecular weight is 396 g/mol. The van der Waals surface area contributed by atoms with E-state index >= 15 is 0 Å². The molecule has 8 nitrogen and oxygen atoms in total. The predicted molar refractivity (Wildman–Crippen MR) is 100 cm³/mol. The first-order valence-corrected chi connectivity index (χ1v) is 9.00. The Morgan fingerprint density at radius 1 is 1.11 bits per heavy atom. The van der Waals surface area contributed by atoms with Crippen molar-refractivity contribution in [3.05, 3.63) is 24.3 Å². The van der Waals surface area contributed by atoms with E-state index in [-0.39, 0.29) is 6.61 Å². The summed E-state index contributed by atoms with van der Waals surface area (Å²) in [6.07, 6.45) is -2.07. The number of aliphatic hydroxyl groups is 6. The second-order valence-electron chi connectivity index (χ2n) is 6.08. The number of hydrogen-bond acceptors (Lipinski definition) is 8. The molecule has 0 aliphatic carbocycles. The number of hydrogen-bond donors (Lipinski definition) is 6. The molecule has 1 aliphatic heterocycles. The summed E-state index contributed by atoms with van der Waals surface area (Å²) < 4.78 is 10.9. The summed E-state index contributed by atoms with van der Waals surface area (Å²) in [6, 6.07) is 0. The van der Waals surface area contributed by atoms with Crippen molar-refractivity contribution in [3.8, 4) is 23.7 Å². The summed E-state index contributed by atoms with van der Waals surface area (Å²) in [5.74, 6) is 10.2. The van der Waals surface area contributed by atoms with Gasteiger partial charge in [0.05, 0.1) is 6.61 Å². The molecule has 6 N–H and O–H groups in total. The van der Waals surface area contributed by atoms with E-state index in [0.29, 0.717) is 12.8 Å². The Balaban J connectivity index is 2.92. The van der Waals surface area contributed by atoms with Gasteiger partial charge in [-0.3, -0.25) is 0 Å². The van der Waals surface area contributed by atoms with Crippen molar-refractivity contribution >= 4 is 0 Å². The maximum Gasteiger partial charge on any atom is 0.187 e. The van der Waals surface area contributed by atoms with Gasteiger partial charge in [0.2, 0.25) is 0 Å². The second kappa shape index (κ2) is 13.5. The van der Waals surface area contributed by atoms with Gasteiger partial charge in [0.1, 0.15) is 36.6 Å². The standard InChI is InChI=1S/C20H28O8/c1-2-3-4-5-7-10-14(23)15(11-8-6-9-12-21)27-20-19(26)18(25)17(24)16(13-22)28-20/h2-3,8,11,14-26H,6,9,12-13H2,1H3/b3-2-,11-8-/t14-,15+,16+,17-,18-,19-,20+/m1/s1. The van der Waals surface area contributed by atoms with Crippen molar-refractivity contribution in [1.29, 1.82) is 0 Å². The molecule has 156 valence electrons. The van der Waals surface area contributed by atoms with Gasteiger partial charge in [0.25, 0.3) is 0 Å². The first-order valence-electron chi connectivity index (χ1n) is 9.00. The van der Waals surface area contributed by atoms with Crippen LogP contribution in [-0.4, -0.2) is 86.8 Å². The van der Waals surface area contributed by atoms with E-state index in [0.717, 1.165) is 0 Å². The Morgan fingerprint density at radius 2 is 1.86 bits per heavy atom. The first-order chi connectivity index (χ1) is 13.5. The van der Waals surface area contributed by atoms with E-state index in [2.05, 4.69) is 23.7 Å². The summed E-state index contributed by atoms with van der Waals surface area (Å²) in [5.41, 5.74) is 0. The average Bonchev–Trinajstić information content (AvgIpc) is 2.69. The minimum atomic E-state index is -1.60. The molecule has 0 amide bonds. The first kappa shape index (κ1) is 24.3. The quantitative estimate of drug-likeness (QED) is 0.165. The maximum atomic E-state index is 10.3. The van der Waals surface area contributed by atoms with Crippen molar-refractivity contribution in [3.63, 3.8) is 0 Å². The van der Waals surface area contributed by atoms with Gasteiger partial charge in [0, 0.05) is 6.61 Å². The predicted octanol–water partition coefficient (Wildman–Crippen LogP) is -1.56. The number of aliphatic hydroxyl groups excluding tert-OH is 6. The highest BCUT2D eigenvalue weighted by molar-refractivity contribution is 5.32. The minimum absolute atomic E-state index is 0.00543. The number of allylic oxidation sites excluding steroid dienone is 3. The van der Waals surface area contributed by atoms with Crippen LogP contribution in [0, 0.1) is 23.7 Å². The number of unbranched alkanes of at least 4 members (excludes halogenated alkanes) is 1. The smallest absolute Gasteiger partial charge is 0.187 e. The third kappa shape index (κ3) is 7.72. The lowest BCUT2D eigenvalue weighted by Crippen LogP contribution is -2.60. The van der Waals surface area contributed by atoms with Crippen LogP contribution in [0.1, 0.15) is 19.8 Å². The van der Waals surface area contributed by atoms with Gasteiger partial charge in [-0.15, -0.1) is 0 Å². The number of rotatable bonds is 8. The van der Waals surface area contributed by atoms with Crippen LogP contribution in [-0.2, 0) is 9.47 Å². The fourth-order valence-corrected chi connectivity index (χ4v) is 2.35. The molecule has 0 aromatic rings. The van der Waals surface area contributed by atoms with Crippen LogP contribution in [0.4, 0.5) is 0 Å². The number of ether oxygens (including phenoxy) is 2. The molecule has 0 radical (unpaired) electrons. The van der Waals surface area contributed by atoms with Gasteiger partial charge < -0.3 is 40.1 Å². The molecular weight excluding hydrogens is 368 g/mol. The summed E-state index contributed by atoms with van der Waals surface area (Å²) in [6.45, 7) is 1.22. The Bertz CT molecular complexity index is 622. The Hall–Kier alpha value is -1.72. The van der Waals surface area contributed by atoms with Crippen molar-refractivity contribution in [2.75, 3.05) is 13.2 Å². The fourth-order valence-electron chi connectivity index (χ4n) is 2.35. The summed E-state index contributed by atoms with van der Waals surface area (Å²) in [5, 5.41) is 58.2. The van der Waals surface area contributed by atoms with Crippen LogP contribution in [0.2, 0.25) is 0 Å². The normalized spacial score (nSPS) is 29.8. The lowest BCUT2D eigenvalue weighted by atomic mass is 9.99. The topological polar surface area (TPSA) is 140 Å². The highest BCUT2D eigenvalue weighted by atomic mass is 16.7. The van der Waals surface area contributed by atoms with Crippen LogP contribution >= 0.6 is 0 Å². The summed E-state index contributed by atoms with van der Waals surface area (Å²) in [7, 11) is 0. The van der Waals surface area contributed by atoms with E-state index < -0.39 is 49.5 Å². The lowest BCUT2D eigenvalue weighted by Gasteiger charge is -2.40. The molecule has 1 aliphatic rings. The van der Waals surface area contributed by atoms with Crippen LogP contribution in [0.3, 0.4) is 0 Å². The van der Waals surface area contributed by atoms with Gasteiger partial charge in [0.15, 0.2) is 6.29 Å². The molecule has 7 atom stereocenters. The van der Waals surface area contributed by atoms with Gasteiger partial charge in [-0.2, -0.15) is 0 Å². The zero-order valence-corrected chi connectivity index (χ0v) is 15.7. The summed E-state index contributed by atoms with van der Waals surface area (Å²) in [4.78, 5) is 0. The van der Waals surface area contributed by atoms with E-state index in [9.17, 15) is 25.5 Å². The molecule has 1 saturated heterocycles. The molecule has 1 heterocycles. The molecule has 0 aromatic carbocycles. The second-order valence-corrected chi connectivity index (χ2v) is 6.08. The van der Waals surface area contributed by atoms with Gasteiger partial charge in [-0.1, -0.05) is 30.1 Å². The molecule has 28 heavy (non-hydrogen) atoms. The van der Waals surface area contributed by atoms with Gasteiger partial charge >= 0.3 is 0 Å². The third-order valence-electron chi connectivity index (χ3n) is 3.91. The maximum absolute atomic E-state index is 10.3. The molecule has 0 bridgehead atoms. The van der Waals surface area contributed by atoms with Gasteiger partial charge in [-0.25, -0.2) is 0 Å². The molecule has 0 saturated carbocycles.